The monoisotopic (exact) mass is 375 g/mol. The number of aromatic nitrogens is 1. The molecule has 0 aliphatic carbocycles. The van der Waals surface area contributed by atoms with Crippen molar-refractivity contribution in [2.45, 2.75) is 0 Å². The molecule has 1 heterocycles. The Morgan fingerprint density at radius 3 is 2.04 bits per heavy atom. The summed E-state index contributed by atoms with van der Waals surface area (Å²) < 4.78 is 0. The summed E-state index contributed by atoms with van der Waals surface area (Å²) in [5.74, 6) is -0.0620. The Bertz CT molecular complexity index is 1040. The first-order valence-electron chi connectivity index (χ1n) is 8.14. The zero-order chi connectivity index (χ0) is 17.9. The number of rotatable bonds is 4. The van der Waals surface area contributed by atoms with E-state index in [2.05, 4.69) is 4.98 Å². The Morgan fingerprint density at radius 2 is 1.38 bits per heavy atom. The standard InChI is InChI=1S/C22H14ClNOS/c23-18-13-11-15(12-14-18)19-21(17-9-5-2-6-10-17)26-22(24-19)20(25)16-7-3-1-4-8-16/h1-14H. The Labute approximate surface area is 160 Å². The van der Waals surface area contributed by atoms with Crippen LogP contribution in [0.25, 0.3) is 21.7 Å². The first-order valence-corrected chi connectivity index (χ1v) is 9.34. The molecule has 126 valence electrons. The lowest BCUT2D eigenvalue weighted by Gasteiger charge is -2.02. The van der Waals surface area contributed by atoms with Crippen molar-refractivity contribution in [2.75, 3.05) is 0 Å². The molecular weight excluding hydrogens is 362 g/mol. The Hall–Kier alpha value is -2.75. The molecule has 26 heavy (non-hydrogen) atoms. The minimum absolute atomic E-state index is 0.0620. The molecule has 0 N–H and O–H groups in total. The zero-order valence-electron chi connectivity index (χ0n) is 13.7. The number of hydrogen-bond acceptors (Lipinski definition) is 3. The van der Waals surface area contributed by atoms with Gasteiger partial charge in [0.2, 0.25) is 5.78 Å². The number of thiazole rings is 1. The lowest BCUT2D eigenvalue weighted by Crippen LogP contribution is -1.99. The summed E-state index contributed by atoms with van der Waals surface area (Å²) in [7, 11) is 0. The maximum atomic E-state index is 12.9. The third-order valence-corrected chi connectivity index (χ3v) is 5.37. The maximum absolute atomic E-state index is 12.9. The second-order valence-electron chi connectivity index (χ2n) is 5.76. The molecule has 0 spiro atoms. The Kier molecular flexibility index (Phi) is 4.65. The van der Waals surface area contributed by atoms with Crippen molar-refractivity contribution >= 4 is 28.7 Å². The number of carbonyl (C=O) groups is 1. The predicted molar refractivity (Wildman–Crippen MR) is 108 cm³/mol. The highest BCUT2D eigenvalue weighted by atomic mass is 35.5. The van der Waals surface area contributed by atoms with Crippen LogP contribution in [0.15, 0.2) is 84.9 Å². The lowest BCUT2D eigenvalue weighted by atomic mass is 10.1. The molecule has 0 aliphatic rings. The molecule has 0 bridgehead atoms. The molecule has 4 rings (SSSR count). The molecule has 3 aromatic carbocycles. The minimum atomic E-state index is -0.0620. The van der Waals surface area contributed by atoms with Gasteiger partial charge in [0.25, 0.3) is 0 Å². The SMILES string of the molecule is O=C(c1ccccc1)c1nc(-c2ccc(Cl)cc2)c(-c2ccccc2)s1. The second kappa shape index (κ2) is 7.24. The van der Waals surface area contributed by atoms with Crippen LogP contribution < -0.4 is 0 Å². The number of halogens is 1. The van der Waals surface area contributed by atoms with Crippen molar-refractivity contribution in [1.82, 2.24) is 4.98 Å². The molecular formula is C22H14ClNOS. The first-order chi connectivity index (χ1) is 12.7. The molecule has 0 radical (unpaired) electrons. The van der Waals surface area contributed by atoms with Gasteiger partial charge in [0.15, 0.2) is 5.01 Å². The normalized spacial score (nSPS) is 10.7. The molecule has 0 unspecified atom stereocenters. The fourth-order valence-corrected chi connectivity index (χ4v) is 3.90. The van der Waals surface area contributed by atoms with Gasteiger partial charge in [-0.05, 0) is 17.7 Å². The topological polar surface area (TPSA) is 30.0 Å². The maximum Gasteiger partial charge on any atom is 0.221 e. The van der Waals surface area contributed by atoms with Gasteiger partial charge in [-0.2, -0.15) is 0 Å². The zero-order valence-corrected chi connectivity index (χ0v) is 15.3. The van der Waals surface area contributed by atoms with Gasteiger partial charge in [0.1, 0.15) is 0 Å². The van der Waals surface area contributed by atoms with E-state index >= 15 is 0 Å². The number of ketones is 1. The molecule has 0 saturated carbocycles. The van der Waals surface area contributed by atoms with Crippen molar-refractivity contribution in [3.05, 3.63) is 101 Å². The predicted octanol–water partition coefficient (Wildman–Crippen LogP) is 6.36. The third kappa shape index (κ3) is 3.32. The van der Waals surface area contributed by atoms with Crippen LogP contribution in [0.4, 0.5) is 0 Å². The Balaban J connectivity index is 1.85. The second-order valence-corrected chi connectivity index (χ2v) is 7.20. The highest BCUT2D eigenvalue weighted by Gasteiger charge is 2.20. The summed E-state index contributed by atoms with van der Waals surface area (Å²) in [5.41, 5.74) is 3.43. The van der Waals surface area contributed by atoms with Gasteiger partial charge >= 0.3 is 0 Å². The van der Waals surface area contributed by atoms with Crippen LogP contribution in [-0.2, 0) is 0 Å². The third-order valence-electron chi connectivity index (χ3n) is 4.01. The van der Waals surface area contributed by atoms with Crippen LogP contribution in [0.1, 0.15) is 15.4 Å². The van der Waals surface area contributed by atoms with E-state index in [-0.39, 0.29) is 5.78 Å². The summed E-state index contributed by atoms with van der Waals surface area (Å²) in [4.78, 5) is 18.5. The summed E-state index contributed by atoms with van der Waals surface area (Å²) in [6, 6.07) is 26.8. The molecule has 0 fully saturated rings. The molecule has 0 saturated heterocycles. The quantitative estimate of drug-likeness (QED) is 0.388. The van der Waals surface area contributed by atoms with E-state index in [1.165, 1.54) is 11.3 Å². The molecule has 0 atom stereocenters. The molecule has 4 heteroatoms. The van der Waals surface area contributed by atoms with Crippen molar-refractivity contribution in [3.63, 3.8) is 0 Å². The van der Waals surface area contributed by atoms with Gasteiger partial charge < -0.3 is 0 Å². The smallest absolute Gasteiger partial charge is 0.221 e. The van der Waals surface area contributed by atoms with E-state index in [4.69, 9.17) is 11.6 Å². The van der Waals surface area contributed by atoms with E-state index in [1.54, 1.807) is 0 Å². The first kappa shape index (κ1) is 16.7. The molecule has 0 amide bonds. The highest BCUT2D eigenvalue weighted by Crippen LogP contribution is 2.37. The largest absolute Gasteiger partial charge is 0.286 e. The van der Waals surface area contributed by atoms with E-state index in [0.717, 1.165) is 21.7 Å². The summed E-state index contributed by atoms with van der Waals surface area (Å²) in [6.45, 7) is 0. The van der Waals surface area contributed by atoms with Crippen LogP contribution in [0.2, 0.25) is 5.02 Å². The van der Waals surface area contributed by atoms with E-state index in [9.17, 15) is 4.79 Å². The number of hydrogen-bond donors (Lipinski definition) is 0. The highest BCUT2D eigenvalue weighted by molar-refractivity contribution is 7.17. The van der Waals surface area contributed by atoms with Crippen LogP contribution in [0, 0.1) is 0 Å². The van der Waals surface area contributed by atoms with Crippen LogP contribution in [0.5, 0.6) is 0 Å². The number of nitrogens with zero attached hydrogens (tertiary/aromatic N) is 1. The van der Waals surface area contributed by atoms with Gasteiger partial charge in [-0.25, -0.2) is 4.98 Å². The molecule has 0 aliphatic heterocycles. The van der Waals surface area contributed by atoms with Crippen molar-refractivity contribution < 1.29 is 4.79 Å². The fourth-order valence-electron chi connectivity index (χ4n) is 2.72. The van der Waals surface area contributed by atoms with Gasteiger partial charge in [-0.3, -0.25) is 4.79 Å². The average molecular weight is 376 g/mol. The Morgan fingerprint density at radius 1 is 0.769 bits per heavy atom. The van der Waals surface area contributed by atoms with Gasteiger partial charge in [-0.15, -0.1) is 11.3 Å². The van der Waals surface area contributed by atoms with E-state index in [0.29, 0.717) is 15.6 Å². The number of benzene rings is 3. The van der Waals surface area contributed by atoms with Gasteiger partial charge in [0, 0.05) is 16.1 Å². The molecule has 4 aromatic rings. The average Bonchev–Trinajstić information content (AvgIpc) is 3.15. The van der Waals surface area contributed by atoms with Crippen molar-refractivity contribution in [3.8, 4) is 21.7 Å². The molecule has 2 nitrogen and oxygen atoms in total. The van der Waals surface area contributed by atoms with Crippen LogP contribution in [0.3, 0.4) is 0 Å². The van der Waals surface area contributed by atoms with Gasteiger partial charge in [0.05, 0.1) is 10.6 Å². The summed E-state index contributed by atoms with van der Waals surface area (Å²) in [5, 5.41) is 1.16. The van der Waals surface area contributed by atoms with Crippen LogP contribution in [-0.4, -0.2) is 10.8 Å². The number of carbonyl (C=O) groups excluding carboxylic acids is 1. The fraction of sp³-hybridized carbons (Fsp3) is 0. The van der Waals surface area contributed by atoms with Crippen LogP contribution >= 0.6 is 22.9 Å². The van der Waals surface area contributed by atoms with Crippen molar-refractivity contribution in [2.24, 2.45) is 0 Å². The van der Waals surface area contributed by atoms with Gasteiger partial charge in [-0.1, -0.05) is 84.4 Å². The van der Waals surface area contributed by atoms with E-state index in [1.807, 2.05) is 84.9 Å². The molecule has 1 aromatic heterocycles. The van der Waals surface area contributed by atoms with E-state index < -0.39 is 0 Å². The minimum Gasteiger partial charge on any atom is -0.286 e. The van der Waals surface area contributed by atoms with Crippen molar-refractivity contribution in [1.29, 1.82) is 0 Å². The summed E-state index contributed by atoms with van der Waals surface area (Å²) >= 11 is 7.44. The summed E-state index contributed by atoms with van der Waals surface area (Å²) in [6.07, 6.45) is 0. The lowest BCUT2D eigenvalue weighted by molar-refractivity contribution is 0.103.